The van der Waals surface area contributed by atoms with E-state index in [9.17, 15) is 9.59 Å². The molecule has 0 fully saturated rings. The van der Waals surface area contributed by atoms with E-state index in [0.717, 1.165) is 16.7 Å². The van der Waals surface area contributed by atoms with Crippen molar-refractivity contribution in [2.75, 3.05) is 6.54 Å². The minimum absolute atomic E-state index is 0.0533. The normalized spacial score (nSPS) is 19.6. The van der Waals surface area contributed by atoms with E-state index in [1.807, 2.05) is 13.1 Å². The van der Waals surface area contributed by atoms with Crippen LogP contribution in [0.5, 0.6) is 0 Å². The van der Waals surface area contributed by atoms with Crippen LogP contribution < -0.4 is 5.32 Å². The average Bonchev–Trinajstić information content (AvgIpc) is 2.56. The van der Waals surface area contributed by atoms with Crippen LogP contribution in [0.1, 0.15) is 58.6 Å². The number of hydrogen-bond donors (Lipinski definition) is 2. The van der Waals surface area contributed by atoms with Crippen LogP contribution in [0.25, 0.3) is 6.08 Å². The van der Waals surface area contributed by atoms with Crippen molar-refractivity contribution in [2.45, 2.75) is 53.0 Å². The molecule has 2 N–H and O–H groups in total. The van der Waals surface area contributed by atoms with Crippen LogP contribution in [0.3, 0.4) is 0 Å². The van der Waals surface area contributed by atoms with Crippen LogP contribution in [-0.4, -0.2) is 28.6 Å². The van der Waals surface area contributed by atoms with Gasteiger partial charge in [-0.3, -0.25) is 4.79 Å². The van der Waals surface area contributed by atoms with Gasteiger partial charge in [0.05, 0.1) is 5.54 Å². The minimum atomic E-state index is -0.846. The Morgan fingerprint density at radius 2 is 1.89 bits per heavy atom. The van der Waals surface area contributed by atoms with Gasteiger partial charge in [-0.25, -0.2) is 4.79 Å². The predicted molar refractivity (Wildman–Crippen MR) is 108 cm³/mol. The van der Waals surface area contributed by atoms with Gasteiger partial charge in [0.25, 0.3) is 0 Å². The van der Waals surface area contributed by atoms with Crippen molar-refractivity contribution in [2.24, 2.45) is 5.92 Å². The monoisotopic (exact) mass is 370 g/mol. The predicted octanol–water partition coefficient (Wildman–Crippen LogP) is 4.75. The van der Waals surface area contributed by atoms with Gasteiger partial charge in [-0.2, -0.15) is 0 Å². The van der Waals surface area contributed by atoms with E-state index in [2.05, 4.69) is 63.4 Å². The molecule has 2 rings (SSSR count). The summed E-state index contributed by atoms with van der Waals surface area (Å²) in [6.45, 7) is 10.8. The molecule has 0 spiro atoms. The fourth-order valence-electron chi connectivity index (χ4n) is 3.49. The van der Waals surface area contributed by atoms with Gasteiger partial charge in [0, 0.05) is 19.2 Å². The SMILES string of the molecule is CC(C)=Cc1ccc(C2(C)NC(=O)N(CCCC(=O)O)C=C2C(C)C)cc1. The van der Waals surface area contributed by atoms with Gasteiger partial charge >= 0.3 is 12.0 Å². The van der Waals surface area contributed by atoms with Crippen molar-refractivity contribution in [1.29, 1.82) is 0 Å². The molecule has 0 saturated heterocycles. The Hall–Kier alpha value is -2.56. The van der Waals surface area contributed by atoms with Crippen LogP contribution in [0.15, 0.2) is 41.6 Å². The van der Waals surface area contributed by atoms with Gasteiger partial charge in [-0.05, 0) is 49.8 Å². The maximum absolute atomic E-state index is 12.7. The third kappa shape index (κ3) is 5.00. The average molecular weight is 370 g/mol. The van der Waals surface area contributed by atoms with Gasteiger partial charge in [-0.15, -0.1) is 0 Å². The van der Waals surface area contributed by atoms with E-state index < -0.39 is 11.5 Å². The highest BCUT2D eigenvalue weighted by Gasteiger charge is 2.39. The van der Waals surface area contributed by atoms with E-state index in [0.29, 0.717) is 13.0 Å². The fourth-order valence-corrected chi connectivity index (χ4v) is 3.49. The second-order valence-electron chi connectivity index (χ2n) is 7.83. The van der Waals surface area contributed by atoms with Crippen molar-refractivity contribution in [3.63, 3.8) is 0 Å². The van der Waals surface area contributed by atoms with Crippen molar-refractivity contribution >= 4 is 18.1 Å². The number of urea groups is 1. The first-order valence-corrected chi connectivity index (χ1v) is 9.41. The lowest BCUT2D eigenvalue weighted by atomic mass is 9.78. The van der Waals surface area contributed by atoms with E-state index in [1.54, 1.807) is 4.90 Å². The van der Waals surface area contributed by atoms with Gasteiger partial charge in [0.15, 0.2) is 0 Å². The van der Waals surface area contributed by atoms with E-state index in [-0.39, 0.29) is 18.4 Å². The first kappa shape index (κ1) is 20.7. The molecule has 2 amide bonds. The summed E-state index contributed by atoms with van der Waals surface area (Å²) in [6, 6.07) is 8.06. The standard InChI is InChI=1S/C22H30N2O3/c1-15(2)13-17-8-10-18(11-9-17)22(5)19(16(3)4)14-24(21(27)23-22)12-6-7-20(25)26/h8-11,13-14,16H,6-7,12H2,1-5H3,(H,23,27)(H,25,26). The number of hydrogen-bond acceptors (Lipinski definition) is 2. The number of carboxylic acids is 1. The van der Waals surface area contributed by atoms with E-state index in [1.165, 1.54) is 5.57 Å². The molecular formula is C22H30N2O3. The molecule has 0 radical (unpaired) electrons. The number of rotatable bonds is 7. The fraction of sp³-hybridized carbons (Fsp3) is 0.455. The topological polar surface area (TPSA) is 69.6 Å². The summed E-state index contributed by atoms with van der Waals surface area (Å²) in [5, 5.41) is 12.0. The zero-order chi connectivity index (χ0) is 20.2. The number of carbonyl (C=O) groups excluding carboxylic acids is 1. The quantitative estimate of drug-likeness (QED) is 0.727. The summed E-state index contributed by atoms with van der Waals surface area (Å²) in [6.07, 6.45) is 4.50. The molecule has 146 valence electrons. The molecular weight excluding hydrogens is 340 g/mol. The molecule has 1 atom stereocenters. The number of allylic oxidation sites excluding steroid dienone is 1. The number of carbonyl (C=O) groups is 2. The van der Waals surface area contributed by atoms with Crippen LogP contribution in [-0.2, 0) is 10.3 Å². The summed E-state index contributed by atoms with van der Waals surface area (Å²) in [4.78, 5) is 25.0. The van der Waals surface area contributed by atoms with Gasteiger partial charge < -0.3 is 15.3 Å². The lowest BCUT2D eigenvalue weighted by Crippen LogP contribution is -2.54. The van der Waals surface area contributed by atoms with Gasteiger partial charge in [0.1, 0.15) is 0 Å². The highest BCUT2D eigenvalue weighted by molar-refractivity contribution is 5.79. The van der Waals surface area contributed by atoms with Gasteiger partial charge in [-0.1, -0.05) is 49.8 Å². The number of carboxylic acid groups (broad SMARTS) is 1. The highest BCUT2D eigenvalue weighted by Crippen LogP contribution is 2.37. The molecule has 0 bridgehead atoms. The van der Waals surface area contributed by atoms with Crippen molar-refractivity contribution in [3.05, 3.63) is 52.7 Å². The van der Waals surface area contributed by atoms with Crippen molar-refractivity contribution in [1.82, 2.24) is 10.2 Å². The first-order valence-electron chi connectivity index (χ1n) is 9.41. The Morgan fingerprint density at radius 1 is 1.26 bits per heavy atom. The molecule has 27 heavy (non-hydrogen) atoms. The maximum atomic E-state index is 12.7. The summed E-state index contributed by atoms with van der Waals surface area (Å²) >= 11 is 0. The smallest absolute Gasteiger partial charge is 0.322 e. The van der Waals surface area contributed by atoms with Crippen LogP contribution in [0.4, 0.5) is 4.79 Å². The largest absolute Gasteiger partial charge is 0.481 e. The molecule has 5 heteroatoms. The Kier molecular flexibility index (Phi) is 6.47. The Labute approximate surface area is 161 Å². The summed E-state index contributed by atoms with van der Waals surface area (Å²) < 4.78 is 0. The zero-order valence-corrected chi connectivity index (χ0v) is 16.9. The molecule has 1 aromatic rings. The molecule has 0 saturated carbocycles. The molecule has 1 heterocycles. The third-order valence-corrected chi connectivity index (χ3v) is 4.85. The number of benzene rings is 1. The van der Waals surface area contributed by atoms with Crippen LogP contribution >= 0.6 is 0 Å². The molecule has 5 nitrogen and oxygen atoms in total. The number of nitrogens with one attached hydrogen (secondary N) is 1. The lowest BCUT2D eigenvalue weighted by Gasteiger charge is -2.42. The molecule has 1 aliphatic rings. The van der Waals surface area contributed by atoms with E-state index in [4.69, 9.17) is 5.11 Å². The zero-order valence-electron chi connectivity index (χ0n) is 16.9. The van der Waals surface area contributed by atoms with Crippen LogP contribution in [0.2, 0.25) is 0 Å². The van der Waals surface area contributed by atoms with Crippen molar-refractivity contribution < 1.29 is 14.7 Å². The molecule has 1 aromatic carbocycles. The second-order valence-corrected chi connectivity index (χ2v) is 7.83. The van der Waals surface area contributed by atoms with Crippen LogP contribution in [0, 0.1) is 5.92 Å². The summed E-state index contributed by atoms with van der Waals surface area (Å²) in [7, 11) is 0. The molecule has 0 aliphatic carbocycles. The maximum Gasteiger partial charge on any atom is 0.322 e. The molecule has 1 unspecified atom stereocenters. The molecule has 0 aromatic heterocycles. The minimum Gasteiger partial charge on any atom is -0.481 e. The summed E-state index contributed by atoms with van der Waals surface area (Å²) in [5.74, 6) is -0.614. The van der Waals surface area contributed by atoms with E-state index >= 15 is 0 Å². The summed E-state index contributed by atoms with van der Waals surface area (Å²) in [5.41, 5.74) is 3.92. The van der Waals surface area contributed by atoms with Gasteiger partial charge in [0.2, 0.25) is 0 Å². The Balaban J connectivity index is 2.32. The second kappa shape index (κ2) is 8.42. The Bertz CT molecular complexity index is 758. The van der Waals surface area contributed by atoms with Crippen molar-refractivity contribution in [3.8, 4) is 0 Å². The number of amides is 2. The highest BCUT2D eigenvalue weighted by atomic mass is 16.4. The third-order valence-electron chi connectivity index (χ3n) is 4.85. The first-order chi connectivity index (χ1) is 12.6. The Morgan fingerprint density at radius 3 is 2.41 bits per heavy atom. The molecule has 1 aliphatic heterocycles. The lowest BCUT2D eigenvalue weighted by molar-refractivity contribution is -0.137. The number of aliphatic carboxylic acids is 1. The number of nitrogens with zero attached hydrogens (tertiary/aromatic N) is 1.